The van der Waals surface area contributed by atoms with Gasteiger partial charge in [-0.15, -0.1) is 0 Å². The van der Waals surface area contributed by atoms with Crippen LogP contribution in [-0.4, -0.2) is 17.3 Å². The zero-order chi connectivity index (χ0) is 8.04. The first kappa shape index (κ1) is 9.92. The summed E-state index contributed by atoms with van der Waals surface area (Å²) in [6.07, 6.45) is 3.81. The lowest BCUT2D eigenvalue weighted by molar-refractivity contribution is 0.225. The van der Waals surface area contributed by atoms with E-state index in [9.17, 15) is 0 Å². The van der Waals surface area contributed by atoms with E-state index in [1.165, 1.54) is 0 Å². The number of aliphatic hydroxyl groups excluding tert-OH is 1. The number of hydrogen-bond acceptors (Lipinski definition) is 2. The molecule has 2 heteroatoms. The maximum absolute atomic E-state index is 8.68. The normalized spacial score (nSPS) is 16.8. The molecule has 0 aromatic carbocycles. The van der Waals surface area contributed by atoms with E-state index in [2.05, 4.69) is 13.8 Å². The van der Waals surface area contributed by atoms with Crippen molar-refractivity contribution >= 4 is 0 Å². The average molecular weight is 145 g/mol. The van der Waals surface area contributed by atoms with Crippen LogP contribution in [0.25, 0.3) is 0 Å². The van der Waals surface area contributed by atoms with Crippen molar-refractivity contribution < 1.29 is 5.11 Å². The Hall–Kier alpha value is -0.0800. The van der Waals surface area contributed by atoms with E-state index in [0.29, 0.717) is 0 Å². The molecule has 0 spiro atoms. The largest absolute Gasteiger partial charge is 0.396 e. The molecule has 0 heterocycles. The van der Waals surface area contributed by atoms with Gasteiger partial charge < -0.3 is 10.8 Å². The highest BCUT2D eigenvalue weighted by Gasteiger charge is 2.19. The maximum Gasteiger partial charge on any atom is 0.0448 e. The highest BCUT2D eigenvalue weighted by Crippen LogP contribution is 2.17. The second kappa shape index (κ2) is 4.69. The number of rotatable bonds is 5. The first-order valence-corrected chi connectivity index (χ1v) is 4.08. The van der Waals surface area contributed by atoms with Crippen molar-refractivity contribution in [3.8, 4) is 0 Å². The van der Waals surface area contributed by atoms with E-state index in [-0.39, 0.29) is 12.1 Å². The molecule has 10 heavy (non-hydrogen) atoms. The van der Waals surface area contributed by atoms with Gasteiger partial charge in [-0.25, -0.2) is 0 Å². The quantitative estimate of drug-likeness (QED) is 0.612. The number of nitrogens with two attached hydrogens (primary N) is 1. The van der Waals surface area contributed by atoms with Gasteiger partial charge in [-0.3, -0.25) is 0 Å². The molecule has 0 aliphatic carbocycles. The summed E-state index contributed by atoms with van der Waals surface area (Å²) in [5, 5.41) is 8.68. The minimum atomic E-state index is -0.108. The average Bonchev–Trinajstić information content (AvgIpc) is 1.89. The summed E-state index contributed by atoms with van der Waals surface area (Å²) in [6, 6.07) is 0. The molecular formula is C8H19NO. The fourth-order valence-corrected chi connectivity index (χ4v) is 1.20. The van der Waals surface area contributed by atoms with Crippen LogP contribution >= 0.6 is 0 Å². The molecule has 1 unspecified atom stereocenters. The molecule has 0 saturated carbocycles. The molecule has 0 aromatic heterocycles. The smallest absolute Gasteiger partial charge is 0.0448 e. The van der Waals surface area contributed by atoms with E-state index in [1.54, 1.807) is 0 Å². The summed E-state index contributed by atoms with van der Waals surface area (Å²) >= 11 is 0. The molecule has 0 rings (SSSR count). The van der Waals surface area contributed by atoms with E-state index < -0.39 is 0 Å². The van der Waals surface area contributed by atoms with Crippen LogP contribution in [0.5, 0.6) is 0 Å². The second-order valence-corrected chi connectivity index (χ2v) is 2.94. The van der Waals surface area contributed by atoms with Gasteiger partial charge in [0.2, 0.25) is 0 Å². The van der Waals surface area contributed by atoms with E-state index >= 15 is 0 Å². The molecule has 62 valence electrons. The van der Waals surface area contributed by atoms with Crippen LogP contribution < -0.4 is 5.73 Å². The summed E-state index contributed by atoms with van der Waals surface area (Å²) < 4.78 is 0. The molecule has 2 nitrogen and oxygen atoms in total. The Bertz CT molecular complexity index is 77.3. The Morgan fingerprint density at radius 2 is 1.90 bits per heavy atom. The molecule has 0 fully saturated rings. The topological polar surface area (TPSA) is 46.2 Å². The van der Waals surface area contributed by atoms with Gasteiger partial charge >= 0.3 is 0 Å². The fraction of sp³-hybridized carbons (Fsp3) is 1.00. The van der Waals surface area contributed by atoms with Crippen LogP contribution in [0.4, 0.5) is 0 Å². The van der Waals surface area contributed by atoms with Crippen molar-refractivity contribution in [2.24, 2.45) is 5.73 Å². The minimum Gasteiger partial charge on any atom is -0.396 e. The Morgan fingerprint density at radius 1 is 1.30 bits per heavy atom. The first-order chi connectivity index (χ1) is 4.68. The SMILES string of the molecule is CCCC(N)(CC)CCO. The van der Waals surface area contributed by atoms with Crippen molar-refractivity contribution in [2.75, 3.05) is 6.61 Å². The molecular weight excluding hydrogens is 126 g/mol. The predicted octanol–water partition coefficient (Wildman–Crippen LogP) is 1.28. The van der Waals surface area contributed by atoms with Gasteiger partial charge in [-0.05, 0) is 19.3 Å². The van der Waals surface area contributed by atoms with Crippen LogP contribution in [0.2, 0.25) is 0 Å². The lowest BCUT2D eigenvalue weighted by Crippen LogP contribution is -2.39. The molecule has 0 aromatic rings. The minimum absolute atomic E-state index is 0.108. The van der Waals surface area contributed by atoms with Gasteiger partial charge in [0, 0.05) is 12.1 Å². The van der Waals surface area contributed by atoms with E-state index in [1.807, 2.05) is 0 Å². The zero-order valence-electron chi connectivity index (χ0n) is 7.06. The number of aliphatic hydroxyl groups is 1. The van der Waals surface area contributed by atoms with Crippen LogP contribution in [-0.2, 0) is 0 Å². The lowest BCUT2D eigenvalue weighted by Gasteiger charge is -2.26. The van der Waals surface area contributed by atoms with Crippen LogP contribution in [0.3, 0.4) is 0 Å². The molecule has 0 amide bonds. The van der Waals surface area contributed by atoms with Gasteiger partial charge in [0.25, 0.3) is 0 Å². The molecule has 1 atom stereocenters. The molecule has 0 aliphatic rings. The van der Waals surface area contributed by atoms with Crippen molar-refractivity contribution in [3.63, 3.8) is 0 Å². The third-order valence-corrected chi connectivity index (χ3v) is 2.06. The van der Waals surface area contributed by atoms with Crippen molar-refractivity contribution in [3.05, 3.63) is 0 Å². The third kappa shape index (κ3) is 3.18. The Kier molecular flexibility index (Phi) is 4.65. The van der Waals surface area contributed by atoms with Crippen LogP contribution in [0.15, 0.2) is 0 Å². The first-order valence-electron chi connectivity index (χ1n) is 4.08. The fourth-order valence-electron chi connectivity index (χ4n) is 1.20. The summed E-state index contributed by atoms with van der Waals surface area (Å²) in [7, 11) is 0. The van der Waals surface area contributed by atoms with Gasteiger partial charge in [0.15, 0.2) is 0 Å². The summed E-state index contributed by atoms with van der Waals surface area (Å²) in [5.41, 5.74) is 5.85. The van der Waals surface area contributed by atoms with Gasteiger partial charge in [-0.1, -0.05) is 20.3 Å². The zero-order valence-corrected chi connectivity index (χ0v) is 7.06. The molecule has 0 saturated heterocycles. The van der Waals surface area contributed by atoms with Crippen LogP contribution in [0.1, 0.15) is 39.5 Å². The van der Waals surface area contributed by atoms with Crippen molar-refractivity contribution in [1.29, 1.82) is 0 Å². The Morgan fingerprint density at radius 3 is 2.20 bits per heavy atom. The van der Waals surface area contributed by atoms with Gasteiger partial charge in [0.1, 0.15) is 0 Å². The molecule has 0 aliphatic heterocycles. The summed E-state index contributed by atoms with van der Waals surface area (Å²) in [5.74, 6) is 0. The second-order valence-electron chi connectivity index (χ2n) is 2.94. The van der Waals surface area contributed by atoms with Gasteiger partial charge in [-0.2, -0.15) is 0 Å². The van der Waals surface area contributed by atoms with E-state index in [0.717, 1.165) is 25.7 Å². The number of hydrogen-bond donors (Lipinski definition) is 2. The molecule has 0 bridgehead atoms. The van der Waals surface area contributed by atoms with Crippen molar-refractivity contribution in [1.82, 2.24) is 0 Å². The third-order valence-electron chi connectivity index (χ3n) is 2.06. The van der Waals surface area contributed by atoms with Crippen LogP contribution in [0, 0.1) is 0 Å². The standard InChI is InChI=1S/C8H19NO/c1-3-5-8(9,4-2)6-7-10/h10H,3-7,9H2,1-2H3. The monoisotopic (exact) mass is 145 g/mol. The highest BCUT2D eigenvalue weighted by molar-refractivity contribution is 4.81. The summed E-state index contributed by atoms with van der Waals surface area (Å²) in [6.45, 7) is 4.41. The van der Waals surface area contributed by atoms with Gasteiger partial charge in [0.05, 0.1) is 0 Å². The summed E-state index contributed by atoms with van der Waals surface area (Å²) in [4.78, 5) is 0. The lowest BCUT2D eigenvalue weighted by atomic mass is 9.89. The maximum atomic E-state index is 8.68. The highest BCUT2D eigenvalue weighted by atomic mass is 16.3. The Labute approximate surface area is 63.4 Å². The predicted molar refractivity (Wildman–Crippen MR) is 43.8 cm³/mol. The Balaban J connectivity index is 3.69. The van der Waals surface area contributed by atoms with Crippen molar-refractivity contribution in [2.45, 2.75) is 45.1 Å². The molecule has 0 radical (unpaired) electrons. The van der Waals surface area contributed by atoms with E-state index in [4.69, 9.17) is 10.8 Å². The molecule has 3 N–H and O–H groups in total.